The van der Waals surface area contributed by atoms with Crippen molar-refractivity contribution in [3.8, 4) is 5.75 Å². The summed E-state index contributed by atoms with van der Waals surface area (Å²) in [7, 11) is 0. The van der Waals surface area contributed by atoms with E-state index in [1.54, 1.807) is 0 Å². The topological polar surface area (TPSA) is 61.7 Å². The molecule has 1 aromatic rings. The van der Waals surface area contributed by atoms with Gasteiger partial charge in [0.05, 0.1) is 6.61 Å². The van der Waals surface area contributed by atoms with Crippen molar-refractivity contribution < 1.29 is 14.9 Å². The van der Waals surface area contributed by atoms with Crippen LogP contribution in [-0.2, 0) is 0 Å². The highest BCUT2D eigenvalue weighted by atomic mass is 79.9. The first-order valence-corrected chi connectivity index (χ1v) is 8.35. The van der Waals surface area contributed by atoms with Crippen LogP contribution in [0.15, 0.2) is 28.7 Å². The van der Waals surface area contributed by atoms with Gasteiger partial charge in [-0.25, -0.2) is 0 Å². The zero-order chi connectivity index (χ0) is 15.1. The van der Waals surface area contributed by atoms with Gasteiger partial charge in [-0.2, -0.15) is 0 Å². The van der Waals surface area contributed by atoms with Gasteiger partial charge in [-0.3, -0.25) is 0 Å². The smallest absolute Gasteiger partial charge is 0.119 e. The fourth-order valence-corrected chi connectivity index (χ4v) is 3.00. The quantitative estimate of drug-likeness (QED) is 0.701. The maximum absolute atomic E-state index is 10.0. The van der Waals surface area contributed by atoms with Crippen LogP contribution in [0.4, 0.5) is 0 Å². The summed E-state index contributed by atoms with van der Waals surface area (Å²) in [5.74, 6) is 0.742. The van der Waals surface area contributed by atoms with Crippen LogP contribution in [0.25, 0.3) is 0 Å². The molecule has 118 valence electrons. The minimum atomic E-state index is -0.584. The summed E-state index contributed by atoms with van der Waals surface area (Å²) in [6.45, 7) is 0.820. The number of nitrogens with one attached hydrogen (secondary N) is 1. The van der Waals surface area contributed by atoms with Crippen molar-refractivity contribution in [1.29, 1.82) is 0 Å². The molecule has 2 rings (SSSR count). The Balaban J connectivity index is 1.73. The predicted molar refractivity (Wildman–Crippen MR) is 86.5 cm³/mol. The average molecular weight is 358 g/mol. The second kappa shape index (κ2) is 8.13. The van der Waals surface area contributed by atoms with Crippen LogP contribution >= 0.6 is 15.9 Å². The third-order valence-electron chi connectivity index (χ3n) is 4.08. The summed E-state index contributed by atoms with van der Waals surface area (Å²) in [5, 5.41) is 23.0. The van der Waals surface area contributed by atoms with Gasteiger partial charge in [0.15, 0.2) is 0 Å². The van der Waals surface area contributed by atoms with Crippen LogP contribution in [0.1, 0.15) is 32.1 Å². The van der Waals surface area contributed by atoms with Crippen LogP contribution in [0.2, 0.25) is 0 Å². The number of rotatable bonds is 7. The molecule has 1 atom stereocenters. The highest BCUT2D eigenvalue weighted by Crippen LogP contribution is 2.27. The lowest BCUT2D eigenvalue weighted by Crippen LogP contribution is -2.52. The molecule has 1 fully saturated rings. The van der Waals surface area contributed by atoms with Crippen molar-refractivity contribution in [1.82, 2.24) is 5.32 Å². The SMILES string of the molecule is OCC1(NCC(O)COc2ccc(Br)cc2)CCCCC1. The van der Waals surface area contributed by atoms with E-state index in [-0.39, 0.29) is 18.8 Å². The van der Waals surface area contributed by atoms with E-state index >= 15 is 0 Å². The molecule has 0 heterocycles. The molecule has 0 saturated heterocycles. The summed E-state index contributed by atoms with van der Waals surface area (Å²) in [5.41, 5.74) is -0.211. The van der Waals surface area contributed by atoms with E-state index in [1.165, 1.54) is 6.42 Å². The molecule has 0 amide bonds. The molecule has 1 unspecified atom stereocenters. The van der Waals surface area contributed by atoms with E-state index in [0.29, 0.717) is 6.54 Å². The summed E-state index contributed by atoms with van der Waals surface area (Å²) >= 11 is 3.37. The predicted octanol–water partition coefficient (Wildman–Crippen LogP) is 2.47. The first kappa shape index (κ1) is 16.7. The number of β-amino-alcohol motifs (C(OH)–C–C–N with tert-alkyl or cyclic N) is 1. The summed E-state index contributed by atoms with van der Waals surface area (Å²) in [6.07, 6.45) is 4.88. The summed E-state index contributed by atoms with van der Waals surface area (Å²) in [6, 6.07) is 7.53. The number of aliphatic hydroxyl groups excluding tert-OH is 2. The molecule has 3 N–H and O–H groups in total. The molecule has 21 heavy (non-hydrogen) atoms. The molecule has 0 spiro atoms. The van der Waals surface area contributed by atoms with Crippen molar-refractivity contribution in [2.45, 2.75) is 43.7 Å². The molecule has 1 aliphatic rings. The largest absolute Gasteiger partial charge is 0.491 e. The fourth-order valence-electron chi connectivity index (χ4n) is 2.74. The average Bonchev–Trinajstić information content (AvgIpc) is 2.53. The van der Waals surface area contributed by atoms with Gasteiger partial charge >= 0.3 is 0 Å². The Morgan fingerprint density at radius 2 is 1.86 bits per heavy atom. The lowest BCUT2D eigenvalue weighted by Gasteiger charge is -2.37. The molecule has 0 bridgehead atoms. The number of ether oxygens (including phenoxy) is 1. The molecule has 1 aromatic carbocycles. The normalized spacial score (nSPS) is 19.2. The number of halogens is 1. The second-order valence-corrected chi connectivity index (χ2v) is 6.71. The molecule has 1 saturated carbocycles. The van der Waals surface area contributed by atoms with Gasteiger partial charge in [0.25, 0.3) is 0 Å². The lowest BCUT2D eigenvalue weighted by molar-refractivity contribution is 0.0711. The van der Waals surface area contributed by atoms with Crippen molar-refractivity contribution in [2.75, 3.05) is 19.8 Å². The maximum atomic E-state index is 10.0. The fraction of sp³-hybridized carbons (Fsp3) is 0.625. The minimum Gasteiger partial charge on any atom is -0.491 e. The zero-order valence-electron chi connectivity index (χ0n) is 12.2. The van der Waals surface area contributed by atoms with E-state index in [9.17, 15) is 10.2 Å². The molecule has 0 radical (unpaired) electrons. The molecule has 5 heteroatoms. The standard InChI is InChI=1S/C16H24BrNO3/c17-13-4-6-15(7-5-13)21-11-14(20)10-18-16(12-19)8-2-1-3-9-16/h4-7,14,18-20H,1-3,8-12H2. The van der Waals surface area contributed by atoms with E-state index in [4.69, 9.17) is 4.74 Å². The summed E-state index contributed by atoms with van der Waals surface area (Å²) in [4.78, 5) is 0. The Bertz CT molecular complexity index is 418. The van der Waals surface area contributed by atoms with Gasteiger partial charge < -0.3 is 20.3 Å². The van der Waals surface area contributed by atoms with Crippen LogP contribution < -0.4 is 10.1 Å². The second-order valence-electron chi connectivity index (χ2n) is 5.80. The van der Waals surface area contributed by atoms with Crippen molar-refractivity contribution >= 4 is 15.9 Å². The van der Waals surface area contributed by atoms with Crippen molar-refractivity contribution in [3.05, 3.63) is 28.7 Å². The van der Waals surface area contributed by atoms with Gasteiger partial charge in [-0.05, 0) is 37.1 Å². The number of hydrogen-bond acceptors (Lipinski definition) is 4. The van der Waals surface area contributed by atoms with Crippen LogP contribution in [0.3, 0.4) is 0 Å². The first-order valence-electron chi connectivity index (χ1n) is 7.56. The number of aliphatic hydroxyl groups is 2. The highest BCUT2D eigenvalue weighted by Gasteiger charge is 2.31. The third kappa shape index (κ3) is 5.25. The van der Waals surface area contributed by atoms with E-state index in [0.717, 1.165) is 35.9 Å². The summed E-state index contributed by atoms with van der Waals surface area (Å²) < 4.78 is 6.56. The monoisotopic (exact) mass is 357 g/mol. The Morgan fingerprint density at radius 1 is 1.19 bits per heavy atom. The number of hydrogen-bond donors (Lipinski definition) is 3. The van der Waals surface area contributed by atoms with Crippen molar-refractivity contribution in [2.24, 2.45) is 0 Å². The molecule has 1 aliphatic carbocycles. The Kier molecular flexibility index (Phi) is 6.48. The van der Waals surface area contributed by atoms with E-state index < -0.39 is 6.10 Å². The molecule has 4 nitrogen and oxygen atoms in total. The Hall–Kier alpha value is -0.620. The van der Waals surface area contributed by atoms with Crippen LogP contribution in [-0.4, -0.2) is 41.6 Å². The molecule has 0 aliphatic heterocycles. The number of benzene rings is 1. The molecular formula is C16H24BrNO3. The van der Waals surface area contributed by atoms with Gasteiger partial charge in [0.2, 0.25) is 0 Å². The highest BCUT2D eigenvalue weighted by molar-refractivity contribution is 9.10. The van der Waals surface area contributed by atoms with Crippen LogP contribution in [0, 0.1) is 0 Å². The van der Waals surface area contributed by atoms with E-state index in [2.05, 4.69) is 21.2 Å². The van der Waals surface area contributed by atoms with Gasteiger partial charge in [-0.1, -0.05) is 35.2 Å². The lowest BCUT2D eigenvalue weighted by atomic mass is 9.82. The molecular weight excluding hydrogens is 334 g/mol. The van der Waals surface area contributed by atoms with Gasteiger partial charge in [0, 0.05) is 16.6 Å². The van der Waals surface area contributed by atoms with Crippen LogP contribution in [0.5, 0.6) is 5.75 Å². The third-order valence-corrected chi connectivity index (χ3v) is 4.61. The molecule has 0 aromatic heterocycles. The Labute approximate surface area is 134 Å². The zero-order valence-corrected chi connectivity index (χ0v) is 13.8. The van der Waals surface area contributed by atoms with E-state index in [1.807, 2.05) is 24.3 Å². The van der Waals surface area contributed by atoms with Crippen molar-refractivity contribution in [3.63, 3.8) is 0 Å². The minimum absolute atomic E-state index is 0.132. The van der Waals surface area contributed by atoms with Gasteiger partial charge in [0.1, 0.15) is 18.5 Å². The van der Waals surface area contributed by atoms with Gasteiger partial charge in [-0.15, -0.1) is 0 Å². The first-order chi connectivity index (χ1) is 10.1. The maximum Gasteiger partial charge on any atom is 0.119 e. The Morgan fingerprint density at radius 3 is 2.48 bits per heavy atom.